The van der Waals surface area contributed by atoms with Gasteiger partial charge < -0.3 is 20.7 Å². The summed E-state index contributed by atoms with van der Waals surface area (Å²) in [6.45, 7) is 3.38. The molecule has 2 amide bonds. The maximum Gasteiger partial charge on any atom is 0.242 e. The standard InChI is InChI=1S/C11H23N3O3/c1-9(11(16)13-7-8-17-3)14-10(15)5-4-6-12-2/h9,12H,4-8H2,1-3H3,(H,13,16)(H,14,15). The minimum absolute atomic E-state index is 0.102. The van der Waals surface area contributed by atoms with Crippen molar-refractivity contribution >= 4 is 11.8 Å². The van der Waals surface area contributed by atoms with Crippen LogP contribution >= 0.6 is 0 Å². The second kappa shape index (κ2) is 10.0. The fourth-order valence-corrected chi connectivity index (χ4v) is 1.23. The molecule has 1 atom stereocenters. The molecule has 0 bridgehead atoms. The van der Waals surface area contributed by atoms with Crippen molar-refractivity contribution in [2.75, 3.05) is 33.9 Å². The quantitative estimate of drug-likeness (QED) is 0.467. The number of carbonyl (C=O) groups excluding carboxylic acids is 2. The topological polar surface area (TPSA) is 79.5 Å². The Morgan fingerprint density at radius 2 is 2.00 bits per heavy atom. The number of rotatable bonds is 9. The summed E-state index contributed by atoms with van der Waals surface area (Å²) in [4.78, 5) is 22.9. The summed E-state index contributed by atoms with van der Waals surface area (Å²) in [5.74, 6) is -0.293. The van der Waals surface area contributed by atoms with Gasteiger partial charge in [-0.15, -0.1) is 0 Å². The van der Waals surface area contributed by atoms with Crippen molar-refractivity contribution in [2.45, 2.75) is 25.8 Å². The van der Waals surface area contributed by atoms with Crippen LogP contribution in [0.4, 0.5) is 0 Å². The highest BCUT2D eigenvalue weighted by molar-refractivity contribution is 5.87. The van der Waals surface area contributed by atoms with Crippen molar-refractivity contribution in [2.24, 2.45) is 0 Å². The van der Waals surface area contributed by atoms with Gasteiger partial charge in [-0.3, -0.25) is 9.59 Å². The minimum Gasteiger partial charge on any atom is -0.383 e. The maximum atomic E-state index is 11.5. The molecule has 6 nitrogen and oxygen atoms in total. The first-order chi connectivity index (χ1) is 8.11. The lowest BCUT2D eigenvalue weighted by Crippen LogP contribution is -2.45. The van der Waals surface area contributed by atoms with Crippen LogP contribution < -0.4 is 16.0 Å². The van der Waals surface area contributed by atoms with E-state index in [0.717, 1.165) is 13.0 Å². The second-order valence-corrected chi connectivity index (χ2v) is 3.78. The Hall–Kier alpha value is -1.14. The Labute approximate surface area is 102 Å². The number of ether oxygens (including phenoxy) is 1. The molecule has 100 valence electrons. The molecule has 0 aromatic heterocycles. The van der Waals surface area contributed by atoms with Gasteiger partial charge in [0.05, 0.1) is 6.61 Å². The van der Waals surface area contributed by atoms with Crippen molar-refractivity contribution in [3.63, 3.8) is 0 Å². The maximum absolute atomic E-state index is 11.5. The van der Waals surface area contributed by atoms with Gasteiger partial charge in [0.2, 0.25) is 11.8 Å². The first-order valence-corrected chi connectivity index (χ1v) is 5.82. The summed E-state index contributed by atoms with van der Waals surface area (Å²) >= 11 is 0. The zero-order valence-corrected chi connectivity index (χ0v) is 10.8. The highest BCUT2D eigenvalue weighted by atomic mass is 16.5. The van der Waals surface area contributed by atoms with Gasteiger partial charge in [-0.1, -0.05) is 0 Å². The van der Waals surface area contributed by atoms with Gasteiger partial charge in [0, 0.05) is 20.1 Å². The summed E-state index contributed by atoms with van der Waals surface area (Å²) in [5.41, 5.74) is 0. The van der Waals surface area contributed by atoms with Crippen LogP contribution in [0.1, 0.15) is 19.8 Å². The Morgan fingerprint density at radius 3 is 2.59 bits per heavy atom. The summed E-state index contributed by atoms with van der Waals surface area (Å²) in [5, 5.41) is 8.27. The van der Waals surface area contributed by atoms with E-state index < -0.39 is 6.04 Å². The van der Waals surface area contributed by atoms with Crippen molar-refractivity contribution in [3.8, 4) is 0 Å². The summed E-state index contributed by atoms with van der Waals surface area (Å²) in [6, 6.07) is -0.506. The van der Waals surface area contributed by atoms with E-state index in [2.05, 4.69) is 16.0 Å². The third kappa shape index (κ3) is 8.65. The van der Waals surface area contributed by atoms with E-state index in [4.69, 9.17) is 4.74 Å². The third-order valence-corrected chi connectivity index (χ3v) is 2.21. The Balaban J connectivity index is 3.71. The normalized spacial score (nSPS) is 11.9. The van der Waals surface area contributed by atoms with Crippen LogP contribution in [-0.4, -0.2) is 51.7 Å². The van der Waals surface area contributed by atoms with Gasteiger partial charge in [-0.25, -0.2) is 0 Å². The molecule has 0 spiro atoms. The van der Waals surface area contributed by atoms with Crippen molar-refractivity contribution in [1.82, 2.24) is 16.0 Å². The summed E-state index contributed by atoms with van der Waals surface area (Å²) in [7, 11) is 3.41. The van der Waals surface area contributed by atoms with Gasteiger partial charge in [0.15, 0.2) is 0 Å². The van der Waals surface area contributed by atoms with E-state index >= 15 is 0 Å². The predicted octanol–water partition coefficient (Wildman–Crippen LogP) is -0.747. The monoisotopic (exact) mass is 245 g/mol. The average molecular weight is 245 g/mol. The molecule has 0 aliphatic rings. The van der Waals surface area contributed by atoms with Crippen LogP contribution in [0.25, 0.3) is 0 Å². The number of carbonyl (C=O) groups is 2. The molecule has 3 N–H and O–H groups in total. The zero-order chi connectivity index (χ0) is 13.1. The lowest BCUT2D eigenvalue weighted by atomic mass is 10.2. The van der Waals surface area contributed by atoms with Crippen molar-refractivity contribution < 1.29 is 14.3 Å². The lowest BCUT2D eigenvalue weighted by molar-refractivity contribution is -0.128. The predicted molar refractivity (Wildman–Crippen MR) is 65.7 cm³/mol. The molecular weight excluding hydrogens is 222 g/mol. The molecule has 0 heterocycles. The van der Waals surface area contributed by atoms with E-state index in [1.807, 2.05) is 7.05 Å². The molecule has 0 fully saturated rings. The second-order valence-electron chi connectivity index (χ2n) is 3.78. The van der Waals surface area contributed by atoms with Crippen LogP contribution in [0, 0.1) is 0 Å². The third-order valence-electron chi connectivity index (χ3n) is 2.21. The zero-order valence-electron chi connectivity index (χ0n) is 10.8. The highest BCUT2D eigenvalue weighted by Gasteiger charge is 2.14. The first kappa shape index (κ1) is 15.9. The molecule has 0 saturated heterocycles. The van der Waals surface area contributed by atoms with Crippen LogP contribution in [-0.2, 0) is 14.3 Å². The molecule has 6 heteroatoms. The fourth-order valence-electron chi connectivity index (χ4n) is 1.23. The summed E-state index contributed by atoms with van der Waals surface area (Å²) < 4.78 is 4.81. The largest absolute Gasteiger partial charge is 0.383 e. The number of hydrogen-bond acceptors (Lipinski definition) is 4. The van der Waals surface area contributed by atoms with Gasteiger partial charge in [-0.2, -0.15) is 0 Å². The van der Waals surface area contributed by atoms with Crippen molar-refractivity contribution in [3.05, 3.63) is 0 Å². The van der Waals surface area contributed by atoms with E-state index in [0.29, 0.717) is 19.6 Å². The van der Waals surface area contributed by atoms with E-state index in [-0.39, 0.29) is 11.8 Å². The van der Waals surface area contributed by atoms with E-state index in [1.54, 1.807) is 14.0 Å². The molecule has 0 aliphatic heterocycles. The molecule has 0 aromatic rings. The fraction of sp³-hybridized carbons (Fsp3) is 0.818. The molecular formula is C11H23N3O3. The van der Waals surface area contributed by atoms with Gasteiger partial charge in [0.25, 0.3) is 0 Å². The SMILES string of the molecule is CNCCCC(=O)NC(C)C(=O)NCCOC. The van der Waals surface area contributed by atoms with Gasteiger partial charge in [-0.05, 0) is 26.9 Å². The molecule has 0 rings (SSSR count). The first-order valence-electron chi connectivity index (χ1n) is 5.82. The number of hydrogen-bond donors (Lipinski definition) is 3. The van der Waals surface area contributed by atoms with E-state index in [1.165, 1.54) is 0 Å². The van der Waals surface area contributed by atoms with Crippen LogP contribution in [0.5, 0.6) is 0 Å². The van der Waals surface area contributed by atoms with E-state index in [9.17, 15) is 9.59 Å². The molecule has 1 unspecified atom stereocenters. The molecule has 0 aromatic carbocycles. The van der Waals surface area contributed by atoms with Gasteiger partial charge in [0.1, 0.15) is 6.04 Å². The Bertz CT molecular complexity index is 234. The minimum atomic E-state index is -0.506. The Kier molecular flexibility index (Phi) is 9.37. The van der Waals surface area contributed by atoms with Crippen LogP contribution in [0.2, 0.25) is 0 Å². The molecule has 0 saturated carbocycles. The molecule has 0 aliphatic carbocycles. The highest BCUT2D eigenvalue weighted by Crippen LogP contribution is 1.90. The van der Waals surface area contributed by atoms with Crippen molar-refractivity contribution in [1.29, 1.82) is 0 Å². The van der Waals surface area contributed by atoms with Crippen LogP contribution in [0.15, 0.2) is 0 Å². The number of nitrogens with one attached hydrogen (secondary N) is 3. The summed E-state index contributed by atoms with van der Waals surface area (Å²) in [6.07, 6.45) is 1.19. The number of methoxy groups -OCH3 is 1. The molecule has 0 radical (unpaired) electrons. The Morgan fingerprint density at radius 1 is 1.29 bits per heavy atom. The smallest absolute Gasteiger partial charge is 0.242 e. The average Bonchev–Trinajstić information content (AvgIpc) is 2.29. The number of amides is 2. The van der Waals surface area contributed by atoms with Crippen LogP contribution in [0.3, 0.4) is 0 Å². The molecule has 17 heavy (non-hydrogen) atoms. The van der Waals surface area contributed by atoms with Gasteiger partial charge >= 0.3 is 0 Å². The lowest BCUT2D eigenvalue weighted by Gasteiger charge is -2.13.